The van der Waals surface area contributed by atoms with Crippen molar-refractivity contribution in [3.05, 3.63) is 131 Å². The molecule has 0 aliphatic carbocycles. The summed E-state index contributed by atoms with van der Waals surface area (Å²) in [5, 5.41) is 6.22. The predicted molar refractivity (Wildman–Crippen MR) is 211 cm³/mol. The van der Waals surface area contributed by atoms with Gasteiger partial charge in [-0.3, -0.25) is 14.4 Å². The molecule has 282 valence electrons. The van der Waals surface area contributed by atoms with Crippen LogP contribution in [0.5, 0.6) is 0 Å². The normalized spacial score (nSPS) is 15.0. The molecule has 0 aromatic heterocycles. The molecule has 54 heavy (non-hydrogen) atoms. The number of ether oxygens (including phenoxy) is 1. The Bertz CT molecular complexity index is 1860. The topological polar surface area (TPSA) is 108 Å². The van der Waals surface area contributed by atoms with Gasteiger partial charge in [0.15, 0.2) is 0 Å². The summed E-state index contributed by atoms with van der Waals surface area (Å²) < 4.78 is 4.83. The number of rotatable bonds is 14. The lowest BCUT2D eigenvalue weighted by molar-refractivity contribution is -0.131. The molecular formula is C45H52N4O5. The molecule has 2 heterocycles. The van der Waals surface area contributed by atoms with Crippen LogP contribution in [0, 0.1) is 11.8 Å². The van der Waals surface area contributed by atoms with E-state index in [0.29, 0.717) is 22.6 Å². The number of likely N-dealkylation sites (tertiary alicyclic amines) is 1. The molecular weight excluding hydrogens is 677 g/mol. The summed E-state index contributed by atoms with van der Waals surface area (Å²) in [4.78, 5) is 55.8. The van der Waals surface area contributed by atoms with Crippen LogP contribution in [0.15, 0.2) is 103 Å². The Kier molecular flexibility index (Phi) is 13.6. The number of esters is 1. The molecule has 9 heteroatoms. The van der Waals surface area contributed by atoms with Crippen LogP contribution in [-0.2, 0) is 22.6 Å². The summed E-state index contributed by atoms with van der Waals surface area (Å²) >= 11 is 0. The van der Waals surface area contributed by atoms with Gasteiger partial charge >= 0.3 is 5.97 Å². The summed E-state index contributed by atoms with van der Waals surface area (Å²) in [6.45, 7) is 4.31. The van der Waals surface area contributed by atoms with Crippen LogP contribution in [0.4, 0.5) is 0 Å². The largest absolute Gasteiger partial charge is 0.465 e. The fourth-order valence-electron chi connectivity index (χ4n) is 7.65. The zero-order valence-corrected chi connectivity index (χ0v) is 31.3. The molecule has 0 bridgehead atoms. The number of piperidine rings is 2. The molecule has 4 aromatic rings. The number of amides is 3. The van der Waals surface area contributed by atoms with Crippen LogP contribution >= 0.6 is 0 Å². The Balaban J connectivity index is 1.09. The first-order valence-corrected chi connectivity index (χ1v) is 19.3. The lowest BCUT2D eigenvalue weighted by Crippen LogP contribution is -2.39. The molecule has 0 unspecified atom stereocenters. The highest BCUT2D eigenvalue weighted by Crippen LogP contribution is 2.28. The quantitative estimate of drug-likeness (QED) is 0.134. The summed E-state index contributed by atoms with van der Waals surface area (Å²) in [5.41, 5.74) is 5.19. The summed E-state index contributed by atoms with van der Waals surface area (Å²) in [6, 6.07) is 31.5. The van der Waals surface area contributed by atoms with Crippen molar-refractivity contribution in [2.24, 2.45) is 11.8 Å². The number of carbonyl (C=O) groups excluding carboxylic acids is 4. The smallest absolute Gasteiger partial charge is 0.337 e. The van der Waals surface area contributed by atoms with Crippen molar-refractivity contribution in [3.63, 3.8) is 0 Å². The molecule has 2 saturated heterocycles. The van der Waals surface area contributed by atoms with Gasteiger partial charge in [0, 0.05) is 37.3 Å². The van der Waals surface area contributed by atoms with Crippen molar-refractivity contribution in [2.45, 2.75) is 58.0 Å². The Morgan fingerprint density at radius 3 is 2.04 bits per heavy atom. The van der Waals surface area contributed by atoms with E-state index in [4.69, 9.17) is 4.74 Å². The Morgan fingerprint density at radius 2 is 1.33 bits per heavy atom. The van der Waals surface area contributed by atoms with Crippen LogP contribution in [0.3, 0.4) is 0 Å². The maximum absolute atomic E-state index is 13.7. The van der Waals surface area contributed by atoms with E-state index in [9.17, 15) is 19.2 Å². The van der Waals surface area contributed by atoms with E-state index in [1.54, 1.807) is 53.4 Å². The molecule has 2 aliphatic heterocycles. The summed E-state index contributed by atoms with van der Waals surface area (Å²) in [6.07, 6.45) is 8.65. The third-order valence-electron chi connectivity index (χ3n) is 10.9. The van der Waals surface area contributed by atoms with Crippen molar-refractivity contribution < 1.29 is 23.9 Å². The molecule has 2 N–H and O–H groups in total. The highest BCUT2D eigenvalue weighted by molar-refractivity contribution is 5.97. The molecule has 0 saturated carbocycles. The predicted octanol–water partition coefficient (Wildman–Crippen LogP) is 7.12. The Hall–Kier alpha value is -5.28. The van der Waals surface area contributed by atoms with Gasteiger partial charge in [0.2, 0.25) is 5.91 Å². The van der Waals surface area contributed by atoms with E-state index in [2.05, 4.69) is 10.6 Å². The zero-order valence-electron chi connectivity index (χ0n) is 31.3. The molecule has 0 radical (unpaired) electrons. The van der Waals surface area contributed by atoms with Crippen LogP contribution in [0.1, 0.15) is 87.1 Å². The number of hydrogen-bond acceptors (Lipinski definition) is 6. The first-order chi connectivity index (χ1) is 26.4. The fraction of sp³-hybridized carbons (Fsp3) is 0.378. The van der Waals surface area contributed by atoms with E-state index in [1.807, 2.05) is 59.5 Å². The monoisotopic (exact) mass is 728 g/mol. The van der Waals surface area contributed by atoms with E-state index < -0.39 is 5.97 Å². The molecule has 2 aliphatic rings. The minimum atomic E-state index is -0.432. The van der Waals surface area contributed by atoms with Gasteiger partial charge in [0.05, 0.1) is 19.2 Å². The van der Waals surface area contributed by atoms with Crippen molar-refractivity contribution in [1.82, 2.24) is 20.4 Å². The zero-order chi connectivity index (χ0) is 37.7. The molecule has 6 rings (SSSR count). The van der Waals surface area contributed by atoms with Crippen LogP contribution < -0.4 is 10.6 Å². The second kappa shape index (κ2) is 19.2. The fourth-order valence-corrected chi connectivity index (χ4v) is 7.65. The van der Waals surface area contributed by atoms with Gasteiger partial charge in [-0.2, -0.15) is 0 Å². The minimum Gasteiger partial charge on any atom is -0.465 e. The Morgan fingerprint density at radius 1 is 0.704 bits per heavy atom. The highest BCUT2D eigenvalue weighted by Gasteiger charge is 2.24. The van der Waals surface area contributed by atoms with Gasteiger partial charge in [-0.25, -0.2) is 4.79 Å². The maximum atomic E-state index is 13.7. The molecule has 3 amide bonds. The molecule has 9 nitrogen and oxygen atoms in total. The number of hydrogen-bond donors (Lipinski definition) is 2. The van der Waals surface area contributed by atoms with Crippen LogP contribution in [-0.4, -0.2) is 73.3 Å². The minimum absolute atomic E-state index is 0.0775. The van der Waals surface area contributed by atoms with E-state index in [0.717, 1.165) is 67.2 Å². The number of nitrogens with zero attached hydrogens (tertiary/aromatic N) is 2. The van der Waals surface area contributed by atoms with Gasteiger partial charge < -0.3 is 25.2 Å². The maximum Gasteiger partial charge on any atom is 0.337 e. The second-order valence-electron chi connectivity index (χ2n) is 14.6. The van der Waals surface area contributed by atoms with Gasteiger partial charge in [-0.15, -0.1) is 0 Å². The number of benzene rings is 4. The first-order valence-electron chi connectivity index (χ1n) is 19.3. The van der Waals surface area contributed by atoms with E-state index in [1.165, 1.54) is 39.2 Å². The van der Waals surface area contributed by atoms with Gasteiger partial charge in [-0.05, 0) is 115 Å². The molecule has 0 atom stereocenters. The first kappa shape index (κ1) is 38.4. The average Bonchev–Trinajstić information content (AvgIpc) is 3.23. The summed E-state index contributed by atoms with van der Waals surface area (Å²) in [5.74, 6) is 0.651. The lowest BCUT2D eigenvalue weighted by Gasteiger charge is -2.32. The molecule has 2 fully saturated rings. The average molecular weight is 729 g/mol. The standard InChI is InChI=1S/C45H52N4O5/c1-54-45(53)38-18-16-35(17-19-38)31-49(42(50)30-47-43(51)37-11-3-2-4-12-37)32-36-10-6-13-39(28-36)40-14-7-15-41(29-40)44(52)48-26-22-34(23-27-48)9-5-8-33-20-24-46-25-21-33/h2-4,6-7,10-19,28-29,33-34,46H,5,8-9,20-27,30-32H2,1H3,(H,47,51). The third-order valence-corrected chi connectivity index (χ3v) is 10.9. The van der Waals surface area contributed by atoms with Crippen LogP contribution in [0.25, 0.3) is 11.1 Å². The van der Waals surface area contributed by atoms with Gasteiger partial charge in [0.25, 0.3) is 11.8 Å². The number of methoxy groups -OCH3 is 1. The van der Waals surface area contributed by atoms with Crippen molar-refractivity contribution >= 4 is 23.7 Å². The molecule has 0 spiro atoms. The van der Waals surface area contributed by atoms with E-state index in [-0.39, 0.29) is 37.4 Å². The molecule has 4 aromatic carbocycles. The number of nitrogens with one attached hydrogen (secondary N) is 2. The summed E-state index contributed by atoms with van der Waals surface area (Å²) in [7, 11) is 1.34. The SMILES string of the molecule is COC(=O)c1ccc(CN(Cc2cccc(-c3cccc(C(=O)N4CCC(CCCC5CCNCC5)CC4)c3)c2)C(=O)CNC(=O)c2ccccc2)cc1. The van der Waals surface area contributed by atoms with Gasteiger partial charge in [-0.1, -0.05) is 79.9 Å². The van der Waals surface area contributed by atoms with Crippen molar-refractivity contribution in [1.29, 1.82) is 0 Å². The number of carbonyl (C=O) groups is 4. The lowest BCUT2D eigenvalue weighted by atomic mass is 9.87. The Labute approximate surface area is 319 Å². The highest BCUT2D eigenvalue weighted by atomic mass is 16.5. The third kappa shape index (κ3) is 10.7. The van der Waals surface area contributed by atoms with Gasteiger partial charge in [0.1, 0.15) is 0 Å². The van der Waals surface area contributed by atoms with Crippen molar-refractivity contribution in [3.8, 4) is 11.1 Å². The second-order valence-corrected chi connectivity index (χ2v) is 14.6. The van der Waals surface area contributed by atoms with Crippen molar-refractivity contribution in [2.75, 3.05) is 39.8 Å². The van der Waals surface area contributed by atoms with Crippen LogP contribution in [0.2, 0.25) is 0 Å². The van der Waals surface area contributed by atoms with E-state index >= 15 is 0 Å².